The number of aliphatic hydroxyl groups excluding tert-OH is 1. The van der Waals surface area contributed by atoms with Gasteiger partial charge < -0.3 is 35.2 Å². The molecule has 18 nitrogen and oxygen atoms in total. The third-order valence-electron chi connectivity index (χ3n) is 4.11. The molecule has 182 valence electrons. The van der Waals surface area contributed by atoms with Crippen LogP contribution in [0.15, 0.2) is 11.1 Å². The number of nitrogens with one attached hydrogen (secondary N) is 1. The summed E-state index contributed by atoms with van der Waals surface area (Å²) in [5.74, 6) is 0.906. The number of hydrogen-bond acceptors (Lipinski definition) is 12. The minimum Gasteiger partial charge on any atom is -0.389 e. The summed E-state index contributed by atoms with van der Waals surface area (Å²) in [4.78, 5) is 57.8. The lowest BCUT2D eigenvalue weighted by atomic mass is 10.0. The zero-order valence-corrected chi connectivity index (χ0v) is 18.6. The maximum atomic E-state index is 11.9. The molecule has 0 aliphatic carbocycles. The summed E-state index contributed by atoms with van der Waals surface area (Å²) in [6, 6.07) is 0. The van der Waals surface area contributed by atoms with E-state index < -0.39 is 60.0 Å². The van der Waals surface area contributed by atoms with Gasteiger partial charge in [-0.2, -0.15) is 13.6 Å². The number of phosphoric acid groups is 3. The van der Waals surface area contributed by atoms with Crippen molar-refractivity contribution in [3.05, 3.63) is 16.7 Å². The lowest BCUT2D eigenvalue weighted by Gasteiger charge is -2.19. The van der Waals surface area contributed by atoms with Crippen LogP contribution in [0.1, 0.15) is 6.23 Å². The lowest BCUT2D eigenvalue weighted by molar-refractivity contribution is -0.0432. The Morgan fingerprint density at radius 3 is 2.52 bits per heavy atom. The second-order valence-corrected chi connectivity index (χ2v) is 10.8. The summed E-state index contributed by atoms with van der Waals surface area (Å²) >= 11 is 0. The average Bonchev–Trinajstić information content (AvgIpc) is 3.17. The topological polar surface area (TPSA) is 279 Å². The molecule has 0 amide bonds. The molecular weight excluding hydrogens is 515 g/mol. The Labute approximate surface area is 182 Å². The smallest absolute Gasteiger partial charge is 0.389 e. The van der Waals surface area contributed by atoms with Crippen molar-refractivity contribution in [1.82, 2.24) is 19.5 Å². The monoisotopic (exact) mass is 531 g/mol. The first-order valence-corrected chi connectivity index (χ1v) is 12.9. The Morgan fingerprint density at radius 1 is 1.24 bits per heavy atom. The van der Waals surface area contributed by atoms with Crippen molar-refractivity contribution in [3.8, 4) is 12.3 Å². The van der Waals surface area contributed by atoms with E-state index in [0.29, 0.717) is 0 Å². The van der Waals surface area contributed by atoms with Crippen LogP contribution in [0.25, 0.3) is 11.2 Å². The molecule has 6 unspecified atom stereocenters. The third-order valence-corrected chi connectivity index (χ3v) is 7.91. The van der Waals surface area contributed by atoms with Gasteiger partial charge in [0.15, 0.2) is 17.4 Å². The van der Waals surface area contributed by atoms with Gasteiger partial charge in [0.05, 0.1) is 18.9 Å². The van der Waals surface area contributed by atoms with Crippen LogP contribution in [0, 0.1) is 18.3 Å². The molecule has 33 heavy (non-hydrogen) atoms. The van der Waals surface area contributed by atoms with E-state index in [1.807, 2.05) is 0 Å². The van der Waals surface area contributed by atoms with Gasteiger partial charge in [-0.25, -0.2) is 18.7 Å². The van der Waals surface area contributed by atoms with Crippen molar-refractivity contribution in [2.24, 2.45) is 5.92 Å². The highest BCUT2D eigenvalue weighted by atomic mass is 31.3. The first kappa shape index (κ1) is 25.7. The van der Waals surface area contributed by atoms with Gasteiger partial charge in [0.25, 0.3) is 5.56 Å². The molecular formula is C12H16N5O13P3. The second kappa shape index (κ2) is 9.01. The minimum atomic E-state index is -5.72. The number of nitrogen functional groups attached to an aromatic ring is 1. The molecule has 21 heteroatoms. The number of aromatic amines is 1. The van der Waals surface area contributed by atoms with Crippen molar-refractivity contribution < 1.29 is 56.3 Å². The highest BCUT2D eigenvalue weighted by Crippen LogP contribution is 2.66. The van der Waals surface area contributed by atoms with E-state index >= 15 is 0 Å². The van der Waals surface area contributed by atoms with Crippen LogP contribution in [-0.2, 0) is 31.6 Å². The number of nitrogens with two attached hydrogens (primary N) is 1. The fourth-order valence-electron chi connectivity index (χ4n) is 2.90. The number of phosphoric ester groups is 1. The number of ether oxygens (including phenoxy) is 1. The van der Waals surface area contributed by atoms with E-state index in [1.54, 1.807) is 0 Å². The first-order valence-electron chi connectivity index (χ1n) is 8.43. The quantitative estimate of drug-likeness (QED) is 0.152. The van der Waals surface area contributed by atoms with Gasteiger partial charge in [-0.05, 0) is 0 Å². The standard InChI is InChI=1S/C12H16N5O13P3/c1-2-5-8(18)6(3-27-32(23,24)30-33(25,26)29-31(20,21)22)28-11(5)17-4-14-7-9(17)15-12(13)16-10(7)19/h1,4-6,8,11,18H,3H2,(H,23,24)(H,25,26)(H2,20,21,22)(H3,13,15,16,19). The summed E-state index contributed by atoms with van der Waals surface area (Å²) in [5, 5.41) is 10.4. The van der Waals surface area contributed by atoms with Crippen molar-refractivity contribution in [1.29, 1.82) is 0 Å². The predicted octanol–water partition coefficient (Wildman–Crippen LogP) is -1.45. The fourth-order valence-corrected chi connectivity index (χ4v) is 5.93. The molecule has 0 aromatic carbocycles. The summed E-state index contributed by atoms with van der Waals surface area (Å²) < 4.78 is 52.3. The van der Waals surface area contributed by atoms with Crippen LogP contribution < -0.4 is 11.3 Å². The molecule has 8 N–H and O–H groups in total. The molecule has 1 aliphatic heterocycles. The minimum absolute atomic E-state index is 0.0396. The van der Waals surface area contributed by atoms with E-state index in [2.05, 4.69) is 34.0 Å². The van der Waals surface area contributed by atoms with E-state index in [0.717, 1.165) is 6.33 Å². The van der Waals surface area contributed by atoms with Gasteiger partial charge in [-0.1, -0.05) is 5.92 Å². The first-order chi connectivity index (χ1) is 15.1. The molecule has 0 spiro atoms. The Kier molecular flexibility index (Phi) is 7.00. The highest BCUT2D eigenvalue weighted by Gasteiger charge is 2.47. The van der Waals surface area contributed by atoms with Crippen molar-refractivity contribution >= 4 is 40.6 Å². The van der Waals surface area contributed by atoms with Crippen LogP contribution in [0.4, 0.5) is 5.95 Å². The number of hydrogen-bond donors (Lipinski definition) is 7. The van der Waals surface area contributed by atoms with Gasteiger partial charge in [0.1, 0.15) is 12.2 Å². The van der Waals surface area contributed by atoms with E-state index in [9.17, 15) is 28.5 Å². The van der Waals surface area contributed by atoms with Gasteiger partial charge in [0.2, 0.25) is 5.95 Å². The number of anilines is 1. The molecule has 0 radical (unpaired) electrons. The molecule has 1 fully saturated rings. The van der Waals surface area contributed by atoms with E-state index in [4.69, 9.17) is 31.6 Å². The van der Waals surface area contributed by atoms with Gasteiger partial charge in [0, 0.05) is 0 Å². The maximum Gasteiger partial charge on any atom is 0.490 e. The zero-order chi connectivity index (χ0) is 24.8. The summed E-state index contributed by atoms with van der Waals surface area (Å²) in [5.41, 5.74) is 4.71. The van der Waals surface area contributed by atoms with Crippen LogP contribution in [0.5, 0.6) is 0 Å². The highest BCUT2D eigenvalue weighted by molar-refractivity contribution is 7.66. The number of rotatable bonds is 8. The number of fused-ring (bicyclic) bond motifs is 1. The molecule has 2 aromatic rings. The zero-order valence-electron chi connectivity index (χ0n) is 15.9. The van der Waals surface area contributed by atoms with Crippen LogP contribution in [0.3, 0.4) is 0 Å². The molecule has 0 bridgehead atoms. The molecule has 0 saturated carbocycles. The van der Waals surface area contributed by atoms with Gasteiger partial charge in [-0.15, -0.1) is 6.42 Å². The summed E-state index contributed by atoms with van der Waals surface area (Å²) in [6.45, 7) is -0.942. The average molecular weight is 531 g/mol. The van der Waals surface area contributed by atoms with Crippen molar-refractivity contribution in [3.63, 3.8) is 0 Å². The summed E-state index contributed by atoms with van der Waals surface area (Å²) in [6.07, 6.45) is 2.44. The Bertz CT molecular complexity index is 1300. The maximum absolute atomic E-state index is 11.9. The Morgan fingerprint density at radius 2 is 1.91 bits per heavy atom. The predicted molar refractivity (Wildman–Crippen MR) is 105 cm³/mol. The van der Waals surface area contributed by atoms with Crippen LogP contribution >= 0.6 is 23.5 Å². The number of aromatic nitrogens is 4. The Balaban J connectivity index is 1.77. The molecule has 1 aliphatic rings. The lowest BCUT2D eigenvalue weighted by Crippen LogP contribution is -2.29. The number of nitrogens with zero attached hydrogens (tertiary/aromatic N) is 3. The second-order valence-electron chi connectivity index (χ2n) is 6.41. The van der Waals surface area contributed by atoms with Gasteiger partial charge >= 0.3 is 23.5 Å². The van der Waals surface area contributed by atoms with Crippen LogP contribution in [-0.4, -0.2) is 63.0 Å². The SMILES string of the molecule is C#CC1C(O)C(COP(=O)(O)OP(=O)(O)OP(=O)(O)O)OC1n1cnc2c(=O)[nH]c(N)nc21. The largest absolute Gasteiger partial charge is 0.490 e. The van der Waals surface area contributed by atoms with Crippen molar-refractivity contribution in [2.75, 3.05) is 12.3 Å². The normalized spacial score (nSPS) is 27.2. The van der Waals surface area contributed by atoms with E-state index in [-0.39, 0.29) is 17.1 Å². The molecule has 3 heterocycles. The third kappa shape index (κ3) is 5.94. The van der Waals surface area contributed by atoms with Crippen molar-refractivity contribution in [2.45, 2.75) is 18.4 Å². The summed E-state index contributed by atoms with van der Waals surface area (Å²) in [7, 11) is -16.7. The number of imidazole rings is 1. The number of H-pyrrole nitrogens is 1. The number of terminal acetylenes is 1. The fraction of sp³-hybridized carbons (Fsp3) is 0.417. The number of aliphatic hydroxyl groups is 1. The van der Waals surface area contributed by atoms with Gasteiger partial charge in [-0.3, -0.25) is 18.9 Å². The Hall–Kier alpha value is -1.96. The van der Waals surface area contributed by atoms with Crippen LogP contribution in [0.2, 0.25) is 0 Å². The molecule has 3 rings (SSSR count). The molecule has 6 atom stereocenters. The molecule has 2 aromatic heterocycles. The molecule has 1 saturated heterocycles. The van der Waals surface area contributed by atoms with E-state index in [1.165, 1.54) is 4.57 Å².